The molecular formula is C11H9N3O3. The number of carboxylic acid groups (broad SMARTS) is 1. The zero-order valence-electron chi connectivity index (χ0n) is 8.78. The van der Waals surface area contributed by atoms with Gasteiger partial charge in [0.15, 0.2) is 12.4 Å². The largest absolute Gasteiger partial charge is 0.482 e. The summed E-state index contributed by atoms with van der Waals surface area (Å²) in [6, 6.07) is 6.85. The monoisotopic (exact) mass is 231 g/mol. The first-order valence-electron chi connectivity index (χ1n) is 4.83. The van der Waals surface area contributed by atoms with Gasteiger partial charge in [0.2, 0.25) is 0 Å². The third kappa shape index (κ3) is 2.97. The number of aromatic nitrogens is 3. The zero-order chi connectivity index (χ0) is 12.1. The maximum Gasteiger partial charge on any atom is 0.341 e. The van der Waals surface area contributed by atoms with Crippen LogP contribution in [0.3, 0.4) is 0 Å². The molecule has 0 saturated carbocycles. The molecule has 0 radical (unpaired) electrons. The third-order valence-electron chi connectivity index (χ3n) is 1.97. The highest BCUT2D eigenvalue weighted by molar-refractivity contribution is 5.68. The smallest absolute Gasteiger partial charge is 0.341 e. The maximum absolute atomic E-state index is 10.3. The Morgan fingerprint density at radius 3 is 2.41 bits per heavy atom. The van der Waals surface area contributed by atoms with E-state index in [1.54, 1.807) is 24.3 Å². The van der Waals surface area contributed by atoms with Gasteiger partial charge in [-0.15, -0.1) is 0 Å². The molecule has 0 unspecified atom stereocenters. The molecule has 17 heavy (non-hydrogen) atoms. The van der Waals surface area contributed by atoms with Crippen LogP contribution in [-0.2, 0) is 4.79 Å². The summed E-state index contributed by atoms with van der Waals surface area (Å²) in [6.07, 6.45) is 2.83. The summed E-state index contributed by atoms with van der Waals surface area (Å²) < 4.78 is 5.01. The van der Waals surface area contributed by atoms with E-state index in [4.69, 9.17) is 9.84 Å². The Morgan fingerprint density at radius 1 is 1.18 bits per heavy atom. The Kier molecular flexibility index (Phi) is 3.25. The second kappa shape index (κ2) is 5.02. The minimum absolute atomic E-state index is 0.356. The molecule has 1 aromatic heterocycles. The van der Waals surface area contributed by atoms with Gasteiger partial charge in [-0.25, -0.2) is 19.7 Å². The van der Waals surface area contributed by atoms with E-state index in [-0.39, 0.29) is 6.61 Å². The second-order valence-electron chi connectivity index (χ2n) is 3.17. The number of ether oxygens (including phenoxy) is 1. The van der Waals surface area contributed by atoms with Crippen LogP contribution in [0.4, 0.5) is 0 Å². The lowest BCUT2D eigenvalue weighted by Gasteiger charge is -2.03. The second-order valence-corrected chi connectivity index (χ2v) is 3.17. The third-order valence-corrected chi connectivity index (χ3v) is 1.97. The van der Waals surface area contributed by atoms with E-state index in [0.717, 1.165) is 5.56 Å². The average molecular weight is 231 g/mol. The highest BCUT2D eigenvalue weighted by atomic mass is 16.5. The van der Waals surface area contributed by atoms with Crippen molar-refractivity contribution in [1.82, 2.24) is 15.0 Å². The minimum atomic E-state index is -1.01. The van der Waals surface area contributed by atoms with Gasteiger partial charge in [-0.3, -0.25) is 0 Å². The normalized spacial score (nSPS) is 9.88. The first-order valence-corrected chi connectivity index (χ1v) is 4.83. The Bertz CT molecular complexity index is 499. The molecule has 0 bridgehead atoms. The van der Waals surface area contributed by atoms with E-state index in [1.165, 1.54) is 12.7 Å². The number of hydrogen-bond donors (Lipinski definition) is 1. The number of hydrogen-bond acceptors (Lipinski definition) is 5. The van der Waals surface area contributed by atoms with Crippen molar-refractivity contribution in [3.8, 4) is 17.1 Å². The molecule has 6 nitrogen and oxygen atoms in total. The first-order chi connectivity index (χ1) is 8.25. The molecule has 0 saturated heterocycles. The molecule has 0 fully saturated rings. The Morgan fingerprint density at radius 2 is 1.82 bits per heavy atom. The summed E-state index contributed by atoms with van der Waals surface area (Å²) in [5, 5.41) is 8.46. The van der Waals surface area contributed by atoms with E-state index < -0.39 is 5.97 Å². The molecule has 2 aromatic rings. The van der Waals surface area contributed by atoms with Crippen molar-refractivity contribution >= 4 is 5.97 Å². The zero-order valence-corrected chi connectivity index (χ0v) is 8.78. The van der Waals surface area contributed by atoms with Crippen LogP contribution in [-0.4, -0.2) is 32.6 Å². The van der Waals surface area contributed by atoms with Crippen LogP contribution in [0, 0.1) is 0 Å². The van der Waals surface area contributed by atoms with Gasteiger partial charge in [-0.1, -0.05) is 0 Å². The van der Waals surface area contributed by atoms with Crippen molar-refractivity contribution in [3.63, 3.8) is 0 Å². The number of aliphatic carboxylic acids is 1. The summed E-state index contributed by atoms with van der Waals surface area (Å²) in [7, 11) is 0. The molecule has 1 aromatic carbocycles. The van der Waals surface area contributed by atoms with Gasteiger partial charge in [0.05, 0.1) is 0 Å². The molecular weight excluding hydrogens is 222 g/mol. The molecule has 0 aliphatic carbocycles. The number of carbonyl (C=O) groups is 1. The van der Waals surface area contributed by atoms with E-state index in [2.05, 4.69) is 15.0 Å². The van der Waals surface area contributed by atoms with E-state index >= 15 is 0 Å². The highest BCUT2D eigenvalue weighted by Crippen LogP contribution is 2.18. The van der Waals surface area contributed by atoms with Gasteiger partial charge < -0.3 is 9.84 Å². The molecule has 0 atom stereocenters. The molecule has 0 aliphatic rings. The highest BCUT2D eigenvalue weighted by Gasteiger charge is 2.02. The maximum atomic E-state index is 10.3. The van der Waals surface area contributed by atoms with Crippen LogP contribution < -0.4 is 4.74 Å². The van der Waals surface area contributed by atoms with Gasteiger partial charge in [-0.05, 0) is 24.3 Å². The van der Waals surface area contributed by atoms with Crippen LogP contribution in [0.15, 0.2) is 36.9 Å². The lowest BCUT2D eigenvalue weighted by Crippen LogP contribution is -2.09. The van der Waals surface area contributed by atoms with Crippen molar-refractivity contribution in [2.45, 2.75) is 0 Å². The Labute approximate surface area is 96.9 Å². The standard InChI is InChI=1S/C11H9N3O3/c15-10(16)5-17-9-3-1-8(2-4-9)11-13-6-12-7-14-11/h1-4,6-7H,5H2,(H,15,16). The predicted octanol–water partition coefficient (Wildman–Crippen LogP) is 1.00. The van der Waals surface area contributed by atoms with Gasteiger partial charge in [0.1, 0.15) is 18.4 Å². The van der Waals surface area contributed by atoms with E-state index in [0.29, 0.717) is 11.6 Å². The molecule has 1 N–H and O–H groups in total. The molecule has 6 heteroatoms. The van der Waals surface area contributed by atoms with Crippen molar-refractivity contribution in [2.75, 3.05) is 6.61 Å². The fraction of sp³-hybridized carbons (Fsp3) is 0.0909. The molecule has 0 amide bonds. The Balaban J connectivity index is 2.11. The lowest BCUT2D eigenvalue weighted by molar-refractivity contribution is -0.139. The molecule has 0 spiro atoms. The van der Waals surface area contributed by atoms with Crippen molar-refractivity contribution < 1.29 is 14.6 Å². The van der Waals surface area contributed by atoms with E-state index in [9.17, 15) is 4.79 Å². The molecule has 0 aliphatic heterocycles. The van der Waals surface area contributed by atoms with Gasteiger partial charge in [0, 0.05) is 5.56 Å². The number of benzene rings is 1. The topological polar surface area (TPSA) is 85.2 Å². The predicted molar refractivity (Wildman–Crippen MR) is 58.4 cm³/mol. The number of nitrogens with zero attached hydrogens (tertiary/aromatic N) is 3. The van der Waals surface area contributed by atoms with Gasteiger partial charge >= 0.3 is 5.97 Å². The molecule has 1 heterocycles. The van der Waals surface area contributed by atoms with Crippen LogP contribution >= 0.6 is 0 Å². The summed E-state index contributed by atoms with van der Waals surface area (Å²) in [5.74, 6) is 0.0431. The van der Waals surface area contributed by atoms with Crippen molar-refractivity contribution in [1.29, 1.82) is 0 Å². The Hall–Kier alpha value is -2.50. The summed E-state index contributed by atoms with van der Waals surface area (Å²) in [5.41, 5.74) is 0.815. The van der Waals surface area contributed by atoms with Gasteiger partial charge in [0.25, 0.3) is 0 Å². The van der Waals surface area contributed by atoms with Crippen LogP contribution in [0.25, 0.3) is 11.4 Å². The average Bonchev–Trinajstić information content (AvgIpc) is 2.38. The summed E-state index contributed by atoms with van der Waals surface area (Å²) >= 11 is 0. The van der Waals surface area contributed by atoms with Crippen LogP contribution in [0.1, 0.15) is 0 Å². The summed E-state index contributed by atoms with van der Waals surface area (Å²) in [6.45, 7) is -0.356. The fourth-order valence-corrected chi connectivity index (χ4v) is 1.23. The van der Waals surface area contributed by atoms with Crippen LogP contribution in [0.2, 0.25) is 0 Å². The SMILES string of the molecule is O=C(O)COc1ccc(-c2ncncn2)cc1. The van der Waals surface area contributed by atoms with Crippen molar-refractivity contribution in [2.24, 2.45) is 0 Å². The summed E-state index contributed by atoms with van der Waals surface area (Å²) in [4.78, 5) is 22.0. The van der Waals surface area contributed by atoms with E-state index in [1.807, 2.05) is 0 Å². The number of carboxylic acids is 1. The number of rotatable bonds is 4. The van der Waals surface area contributed by atoms with Gasteiger partial charge in [-0.2, -0.15) is 0 Å². The molecule has 86 valence electrons. The molecule has 2 rings (SSSR count). The quantitative estimate of drug-likeness (QED) is 0.844. The fourth-order valence-electron chi connectivity index (χ4n) is 1.23. The van der Waals surface area contributed by atoms with Crippen molar-refractivity contribution in [3.05, 3.63) is 36.9 Å². The first kappa shape index (κ1) is 11.0. The lowest BCUT2D eigenvalue weighted by atomic mass is 10.2. The minimum Gasteiger partial charge on any atom is -0.482 e. The van der Waals surface area contributed by atoms with Crippen LogP contribution in [0.5, 0.6) is 5.75 Å².